The number of carbonyl (C=O) groups excluding carboxylic acids is 1. The highest BCUT2D eigenvalue weighted by Gasteiger charge is 2.21. The van der Waals surface area contributed by atoms with Crippen molar-refractivity contribution in [2.24, 2.45) is 0 Å². The molecule has 160 valence electrons. The molecule has 1 aliphatic rings. The van der Waals surface area contributed by atoms with Gasteiger partial charge in [-0.3, -0.25) is 4.79 Å². The molecule has 3 aromatic carbocycles. The lowest BCUT2D eigenvalue weighted by Crippen LogP contribution is -2.35. The zero-order chi connectivity index (χ0) is 21.9. The Morgan fingerprint density at radius 3 is 2.59 bits per heavy atom. The number of amides is 1. The van der Waals surface area contributed by atoms with Gasteiger partial charge in [-0.15, -0.1) is 0 Å². The number of nitrogens with zero attached hydrogens (tertiary/aromatic N) is 2. The van der Waals surface area contributed by atoms with Gasteiger partial charge in [-0.25, -0.2) is 4.98 Å². The molecule has 0 radical (unpaired) electrons. The molecule has 6 heteroatoms. The van der Waals surface area contributed by atoms with Crippen LogP contribution in [0.25, 0.3) is 16.7 Å². The second-order valence-corrected chi connectivity index (χ2v) is 8.60. The molecule has 1 N–H and O–H groups in total. The number of phenols is 1. The van der Waals surface area contributed by atoms with Crippen molar-refractivity contribution in [3.05, 3.63) is 95.6 Å². The summed E-state index contributed by atoms with van der Waals surface area (Å²) in [5.41, 5.74) is 5.59. The zero-order valence-corrected chi connectivity index (χ0v) is 18.2. The summed E-state index contributed by atoms with van der Waals surface area (Å²) in [6, 6.07) is 22.7. The average molecular weight is 443 g/mol. The number of hydrogen-bond acceptors (Lipinski definition) is 5. The van der Waals surface area contributed by atoms with Gasteiger partial charge in [-0.2, -0.15) is 0 Å². The van der Waals surface area contributed by atoms with Gasteiger partial charge in [-0.05, 0) is 53.5 Å². The van der Waals surface area contributed by atoms with Crippen LogP contribution >= 0.6 is 11.8 Å². The first kappa shape index (κ1) is 20.4. The topological polar surface area (TPSA) is 66.6 Å². The zero-order valence-electron chi connectivity index (χ0n) is 17.4. The van der Waals surface area contributed by atoms with Gasteiger partial charge in [0, 0.05) is 24.4 Å². The Kier molecular flexibility index (Phi) is 5.69. The van der Waals surface area contributed by atoms with E-state index in [9.17, 15) is 9.90 Å². The molecule has 2 heterocycles. The lowest BCUT2D eigenvalue weighted by Gasteiger charge is -2.27. The maximum Gasteiger partial charge on any atom is 0.257 e. The number of hydrogen-bond donors (Lipinski definition) is 1. The molecule has 1 amide bonds. The van der Waals surface area contributed by atoms with E-state index in [0.29, 0.717) is 24.1 Å². The van der Waals surface area contributed by atoms with Gasteiger partial charge in [0.2, 0.25) is 0 Å². The van der Waals surface area contributed by atoms with Crippen molar-refractivity contribution in [2.45, 2.75) is 17.4 Å². The Bertz CT molecular complexity index is 1260. The number of phenolic OH excluding ortho intramolecular Hbond substituents is 1. The summed E-state index contributed by atoms with van der Waals surface area (Å²) in [6.45, 7) is 1.24. The first-order chi connectivity index (χ1) is 15.7. The number of oxazole rings is 1. The minimum absolute atomic E-state index is 0.0415. The van der Waals surface area contributed by atoms with Gasteiger partial charge < -0.3 is 14.4 Å². The predicted octanol–water partition coefficient (Wildman–Crippen LogP) is 5.76. The Hall–Kier alpha value is -3.51. The van der Waals surface area contributed by atoms with Crippen molar-refractivity contribution in [1.29, 1.82) is 0 Å². The fourth-order valence-corrected chi connectivity index (χ4v) is 4.71. The number of carbonyl (C=O) groups is 1. The van der Waals surface area contributed by atoms with Gasteiger partial charge in [0.05, 0.1) is 0 Å². The molecule has 0 fully saturated rings. The Labute approximate surface area is 190 Å². The molecule has 0 aliphatic carbocycles. The summed E-state index contributed by atoms with van der Waals surface area (Å²) in [7, 11) is 0. The van der Waals surface area contributed by atoms with Crippen LogP contribution in [-0.4, -0.2) is 34.0 Å². The largest absolute Gasteiger partial charge is 0.508 e. The van der Waals surface area contributed by atoms with Crippen LogP contribution in [0.15, 0.2) is 88.5 Å². The first-order valence-electron chi connectivity index (χ1n) is 10.5. The van der Waals surface area contributed by atoms with Crippen LogP contribution in [0.1, 0.15) is 27.9 Å². The SMILES string of the molecule is O=C(c1ccccc1CSc1nc2ccccc2o1)N1CC=C(c2ccc(O)cc2)CC1. The van der Waals surface area contributed by atoms with E-state index in [-0.39, 0.29) is 11.7 Å². The molecule has 0 atom stereocenters. The van der Waals surface area contributed by atoms with Crippen molar-refractivity contribution < 1.29 is 14.3 Å². The lowest BCUT2D eigenvalue weighted by atomic mass is 9.98. The van der Waals surface area contributed by atoms with Crippen LogP contribution in [0, 0.1) is 0 Å². The molecule has 32 heavy (non-hydrogen) atoms. The molecule has 0 saturated heterocycles. The quantitative estimate of drug-likeness (QED) is 0.398. The van der Waals surface area contributed by atoms with E-state index in [4.69, 9.17) is 4.42 Å². The van der Waals surface area contributed by atoms with E-state index < -0.39 is 0 Å². The Morgan fingerprint density at radius 1 is 1.03 bits per heavy atom. The smallest absolute Gasteiger partial charge is 0.257 e. The van der Waals surface area contributed by atoms with E-state index in [1.165, 1.54) is 17.3 Å². The number of aromatic hydroxyl groups is 1. The summed E-state index contributed by atoms with van der Waals surface area (Å²) in [4.78, 5) is 19.7. The van der Waals surface area contributed by atoms with Gasteiger partial charge in [0.25, 0.3) is 11.1 Å². The Balaban J connectivity index is 1.29. The third-order valence-electron chi connectivity index (χ3n) is 5.61. The highest BCUT2D eigenvalue weighted by Crippen LogP contribution is 2.29. The van der Waals surface area contributed by atoms with Crippen molar-refractivity contribution in [1.82, 2.24) is 9.88 Å². The number of rotatable bonds is 5. The van der Waals surface area contributed by atoms with Crippen LogP contribution in [-0.2, 0) is 5.75 Å². The average Bonchev–Trinajstić information content (AvgIpc) is 3.26. The first-order valence-corrected chi connectivity index (χ1v) is 11.5. The molecule has 1 aliphatic heterocycles. The summed E-state index contributed by atoms with van der Waals surface area (Å²) >= 11 is 1.50. The van der Waals surface area contributed by atoms with E-state index >= 15 is 0 Å². The molecule has 5 nitrogen and oxygen atoms in total. The predicted molar refractivity (Wildman–Crippen MR) is 127 cm³/mol. The second kappa shape index (κ2) is 8.93. The van der Waals surface area contributed by atoms with Crippen molar-refractivity contribution in [3.8, 4) is 5.75 Å². The molecular formula is C26H22N2O3S. The van der Waals surface area contributed by atoms with Gasteiger partial charge in [-0.1, -0.05) is 60.3 Å². The van der Waals surface area contributed by atoms with E-state index in [2.05, 4.69) is 11.1 Å². The normalized spacial score (nSPS) is 13.9. The molecule has 0 bridgehead atoms. The lowest BCUT2D eigenvalue weighted by molar-refractivity contribution is 0.0772. The number of fused-ring (bicyclic) bond motifs is 1. The molecule has 4 aromatic rings. The monoisotopic (exact) mass is 442 g/mol. The maximum atomic E-state index is 13.3. The number of thioether (sulfide) groups is 1. The highest BCUT2D eigenvalue weighted by molar-refractivity contribution is 7.98. The van der Waals surface area contributed by atoms with Crippen LogP contribution < -0.4 is 0 Å². The molecule has 0 spiro atoms. The second-order valence-electron chi connectivity index (χ2n) is 7.67. The molecule has 0 unspecified atom stereocenters. The maximum absolute atomic E-state index is 13.3. The minimum atomic E-state index is 0.0415. The van der Waals surface area contributed by atoms with Gasteiger partial charge >= 0.3 is 0 Å². The Morgan fingerprint density at radius 2 is 1.81 bits per heavy atom. The van der Waals surface area contributed by atoms with Crippen molar-refractivity contribution in [2.75, 3.05) is 13.1 Å². The standard InChI is InChI=1S/C26H22N2O3S/c29-21-11-9-18(10-12-21)19-13-15-28(16-14-19)25(30)22-6-2-1-5-20(22)17-32-26-27-23-7-3-4-8-24(23)31-26/h1-13,29H,14-17H2. The molecular weight excluding hydrogens is 420 g/mol. The third-order valence-corrected chi connectivity index (χ3v) is 6.48. The third kappa shape index (κ3) is 4.27. The fourth-order valence-electron chi connectivity index (χ4n) is 3.87. The molecule has 1 aromatic heterocycles. The molecule has 0 saturated carbocycles. The number of aromatic nitrogens is 1. The fraction of sp³-hybridized carbons (Fsp3) is 0.154. The number of para-hydroxylation sites is 2. The van der Waals surface area contributed by atoms with Crippen LogP contribution in [0.4, 0.5) is 0 Å². The van der Waals surface area contributed by atoms with Crippen molar-refractivity contribution in [3.63, 3.8) is 0 Å². The van der Waals surface area contributed by atoms with Gasteiger partial charge in [0.15, 0.2) is 5.58 Å². The summed E-state index contributed by atoms with van der Waals surface area (Å²) in [6.07, 6.45) is 2.89. The van der Waals surface area contributed by atoms with E-state index in [0.717, 1.165) is 34.2 Å². The summed E-state index contributed by atoms with van der Waals surface area (Å²) < 4.78 is 5.80. The van der Waals surface area contributed by atoms with E-state index in [1.807, 2.05) is 65.6 Å². The van der Waals surface area contributed by atoms with Crippen LogP contribution in [0.5, 0.6) is 5.75 Å². The van der Waals surface area contributed by atoms with Crippen LogP contribution in [0.2, 0.25) is 0 Å². The van der Waals surface area contributed by atoms with Crippen molar-refractivity contribution >= 4 is 34.3 Å². The summed E-state index contributed by atoms with van der Waals surface area (Å²) in [5, 5.41) is 10.1. The van der Waals surface area contributed by atoms with Crippen LogP contribution in [0.3, 0.4) is 0 Å². The highest BCUT2D eigenvalue weighted by atomic mass is 32.2. The van der Waals surface area contributed by atoms with E-state index in [1.54, 1.807) is 12.1 Å². The van der Waals surface area contributed by atoms with Gasteiger partial charge in [0.1, 0.15) is 11.3 Å². The minimum Gasteiger partial charge on any atom is -0.508 e. The number of benzene rings is 3. The summed E-state index contributed by atoms with van der Waals surface area (Å²) in [5.74, 6) is 0.908. The molecule has 5 rings (SSSR count).